The normalized spacial score (nSPS) is 24.1. The van der Waals surface area contributed by atoms with E-state index in [1.807, 2.05) is 25.1 Å². The van der Waals surface area contributed by atoms with Gasteiger partial charge >= 0.3 is 0 Å². The van der Waals surface area contributed by atoms with Crippen LogP contribution in [0.2, 0.25) is 0 Å². The maximum Gasteiger partial charge on any atom is 0.163 e. The molecule has 2 aromatic carbocycles. The van der Waals surface area contributed by atoms with Gasteiger partial charge in [-0.25, -0.2) is 23.7 Å². The molecule has 0 saturated carbocycles. The van der Waals surface area contributed by atoms with Crippen molar-refractivity contribution in [2.24, 2.45) is 0 Å². The highest BCUT2D eigenvalue weighted by atomic mass is 32.1. The van der Waals surface area contributed by atoms with E-state index in [0.29, 0.717) is 22.8 Å². The van der Waals surface area contributed by atoms with Crippen molar-refractivity contribution < 1.29 is 24.4 Å². The average Bonchev–Trinajstić information content (AvgIpc) is 3.64. The van der Waals surface area contributed by atoms with E-state index in [4.69, 9.17) is 4.74 Å². The quantitative estimate of drug-likeness (QED) is 0.315. The van der Waals surface area contributed by atoms with Gasteiger partial charge in [0.15, 0.2) is 5.82 Å². The summed E-state index contributed by atoms with van der Waals surface area (Å²) in [4.78, 5) is 8.83. The van der Waals surface area contributed by atoms with Crippen molar-refractivity contribution in [1.29, 1.82) is 0 Å². The van der Waals surface area contributed by atoms with Crippen molar-refractivity contribution in [3.05, 3.63) is 71.6 Å². The molecular weight excluding hydrogens is 501 g/mol. The van der Waals surface area contributed by atoms with E-state index in [0.717, 1.165) is 15.2 Å². The number of aliphatic hydroxyl groups excluding tert-OH is 3. The topological polar surface area (TPSA) is 144 Å². The number of aryl methyl sites for hydroxylation is 1. The lowest BCUT2D eigenvalue weighted by atomic mass is 9.92. The maximum absolute atomic E-state index is 13.3. The van der Waals surface area contributed by atoms with E-state index in [-0.39, 0.29) is 5.82 Å². The van der Waals surface area contributed by atoms with E-state index in [1.165, 1.54) is 23.1 Å². The molecule has 5 aromatic rings. The maximum atomic E-state index is 13.3. The van der Waals surface area contributed by atoms with Gasteiger partial charge in [-0.05, 0) is 49.4 Å². The number of thiazole rings is 1. The number of hydrogen-bond donors (Lipinski definition) is 3. The molecule has 1 aliphatic rings. The SMILES string of the molecule is Cc1nc2ccc(-n3ncnc3[C@@H]3O[C@H](CO)[C@H](O)[C@H](n4cc(-c5ccc(F)cc5)nn4)[C@H]3O)cc2s1. The number of nitrogens with zero attached hydrogens (tertiary/aromatic N) is 7. The first-order chi connectivity index (χ1) is 17.9. The van der Waals surface area contributed by atoms with Crippen molar-refractivity contribution in [3.8, 4) is 16.9 Å². The Balaban J connectivity index is 1.36. The summed E-state index contributed by atoms with van der Waals surface area (Å²) in [6.07, 6.45) is -1.81. The number of aliphatic hydroxyl groups is 3. The number of halogens is 1. The Morgan fingerprint density at radius 3 is 2.70 bits per heavy atom. The summed E-state index contributed by atoms with van der Waals surface area (Å²) in [6, 6.07) is 10.4. The third-order valence-electron chi connectivity index (χ3n) is 6.40. The van der Waals surface area contributed by atoms with E-state index >= 15 is 0 Å². The third-order valence-corrected chi connectivity index (χ3v) is 7.33. The van der Waals surface area contributed by atoms with Gasteiger partial charge in [0, 0.05) is 5.56 Å². The molecular formula is C24H22FN7O4S. The van der Waals surface area contributed by atoms with Crippen LogP contribution in [-0.4, -0.2) is 75.0 Å². The van der Waals surface area contributed by atoms with Crippen LogP contribution in [0.4, 0.5) is 4.39 Å². The van der Waals surface area contributed by atoms with Crippen molar-refractivity contribution in [3.63, 3.8) is 0 Å². The molecule has 190 valence electrons. The first kappa shape index (κ1) is 23.8. The summed E-state index contributed by atoms with van der Waals surface area (Å²) in [6.45, 7) is 1.43. The summed E-state index contributed by atoms with van der Waals surface area (Å²) >= 11 is 1.55. The summed E-state index contributed by atoms with van der Waals surface area (Å²) in [5.41, 5.74) is 2.61. The molecule has 0 aliphatic carbocycles. The third kappa shape index (κ3) is 4.20. The van der Waals surface area contributed by atoms with Crippen LogP contribution in [0.25, 0.3) is 27.2 Å². The van der Waals surface area contributed by atoms with Gasteiger partial charge in [0.2, 0.25) is 0 Å². The minimum atomic E-state index is -1.32. The molecule has 1 saturated heterocycles. The Bertz CT molecular complexity index is 1550. The summed E-state index contributed by atoms with van der Waals surface area (Å²) in [5.74, 6) is -0.0870. The molecule has 0 unspecified atom stereocenters. The predicted molar refractivity (Wildman–Crippen MR) is 130 cm³/mol. The van der Waals surface area contributed by atoms with Crippen molar-refractivity contribution in [2.75, 3.05) is 6.61 Å². The highest BCUT2D eigenvalue weighted by Crippen LogP contribution is 2.38. The number of rotatable bonds is 5. The van der Waals surface area contributed by atoms with Crippen LogP contribution < -0.4 is 0 Å². The molecule has 0 radical (unpaired) electrons. The van der Waals surface area contributed by atoms with E-state index < -0.39 is 37.1 Å². The van der Waals surface area contributed by atoms with Gasteiger partial charge in [-0.3, -0.25) is 0 Å². The second-order valence-corrected chi connectivity index (χ2v) is 9.99. The average molecular weight is 524 g/mol. The van der Waals surface area contributed by atoms with Gasteiger partial charge in [0.1, 0.15) is 48.3 Å². The molecule has 1 aliphatic heterocycles. The number of hydrogen-bond acceptors (Lipinski definition) is 10. The Kier molecular flexibility index (Phi) is 6.01. The predicted octanol–water partition coefficient (Wildman–Crippen LogP) is 1.98. The van der Waals surface area contributed by atoms with Gasteiger partial charge in [-0.1, -0.05) is 5.21 Å². The van der Waals surface area contributed by atoms with Crippen molar-refractivity contribution in [2.45, 2.75) is 37.4 Å². The molecule has 13 heteroatoms. The Morgan fingerprint density at radius 1 is 1.11 bits per heavy atom. The Hall–Kier alpha value is -3.62. The van der Waals surface area contributed by atoms with Crippen LogP contribution in [0.1, 0.15) is 23.0 Å². The first-order valence-corrected chi connectivity index (χ1v) is 12.3. The highest BCUT2D eigenvalue weighted by molar-refractivity contribution is 7.18. The van der Waals surface area contributed by atoms with Gasteiger partial charge in [0.05, 0.1) is 33.7 Å². The molecule has 11 nitrogen and oxygen atoms in total. The molecule has 0 amide bonds. The second-order valence-electron chi connectivity index (χ2n) is 8.76. The minimum absolute atomic E-state index is 0.294. The fraction of sp³-hybridized carbons (Fsp3) is 0.292. The lowest BCUT2D eigenvalue weighted by Crippen LogP contribution is -2.53. The molecule has 0 spiro atoms. The minimum Gasteiger partial charge on any atom is -0.394 e. The zero-order valence-electron chi connectivity index (χ0n) is 19.5. The molecule has 6 rings (SSSR count). The van der Waals surface area contributed by atoms with Gasteiger partial charge in [-0.2, -0.15) is 5.10 Å². The van der Waals surface area contributed by atoms with E-state index in [1.54, 1.807) is 34.3 Å². The number of fused-ring (bicyclic) bond motifs is 1. The zero-order valence-corrected chi connectivity index (χ0v) is 20.3. The van der Waals surface area contributed by atoms with Crippen LogP contribution in [0.5, 0.6) is 0 Å². The molecule has 3 N–H and O–H groups in total. The van der Waals surface area contributed by atoms with Crippen LogP contribution in [0, 0.1) is 12.7 Å². The largest absolute Gasteiger partial charge is 0.394 e. The van der Waals surface area contributed by atoms with E-state index in [2.05, 4.69) is 25.4 Å². The van der Waals surface area contributed by atoms with Crippen LogP contribution in [-0.2, 0) is 4.74 Å². The van der Waals surface area contributed by atoms with E-state index in [9.17, 15) is 19.7 Å². The Morgan fingerprint density at radius 2 is 1.92 bits per heavy atom. The zero-order chi connectivity index (χ0) is 25.7. The Labute approximate surface area is 213 Å². The fourth-order valence-corrected chi connectivity index (χ4v) is 5.47. The van der Waals surface area contributed by atoms with Crippen LogP contribution >= 0.6 is 11.3 Å². The van der Waals surface area contributed by atoms with Gasteiger partial charge in [-0.15, -0.1) is 16.4 Å². The lowest BCUT2D eigenvalue weighted by molar-refractivity contribution is -0.210. The van der Waals surface area contributed by atoms with Crippen LogP contribution in [0.15, 0.2) is 55.0 Å². The van der Waals surface area contributed by atoms with Crippen molar-refractivity contribution in [1.82, 2.24) is 34.7 Å². The van der Waals surface area contributed by atoms with Crippen LogP contribution in [0.3, 0.4) is 0 Å². The molecule has 4 heterocycles. The summed E-state index contributed by atoms with van der Waals surface area (Å²) in [5, 5.41) is 45.8. The lowest BCUT2D eigenvalue weighted by Gasteiger charge is -2.41. The molecule has 3 aromatic heterocycles. The summed E-state index contributed by atoms with van der Waals surface area (Å²) in [7, 11) is 0. The van der Waals surface area contributed by atoms with Gasteiger partial charge < -0.3 is 20.1 Å². The second kappa shape index (κ2) is 9.36. The first-order valence-electron chi connectivity index (χ1n) is 11.5. The van der Waals surface area contributed by atoms with Gasteiger partial charge in [0.25, 0.3) is 0 Å². The smallest absolute Gasteiger partial charge is 0.163 e. The number of aromatic nitrogens is 7. The molecule has 37 heavy (non-hydrogen) atoms. The van der Waals surface area contributed by atoms with Crippen molar-refractivity contribution >= 4 is 21.6 Å². The molecule has 5 atom stereocenters. The number of benzene rings is 2. The highest BCUT2D eigenvalue weighted by Gasteiger charge is 2.48. The summed E-state index contributed by atoms with van der Waals surface area (Å²) < 4.78 is 23.1. The molecule has 0 bridgehead atoms. The monoisotopic (exact) mass is 523 g/mol. The standard InChI is InChI=1S/C24H22FN7O4S/c1-12-28-16-7-6-15(8-19(16)37-12)32-24(26-11-27-32)23-22(35)20(21(34)18(10-33)36-23)31-9-17(29-30-31)13-2-4-14(25)5-3-13/h2-9,11,18,20-23,33-35H,10H2,1H3/t18-,20+,21+,22-,23-/m1/s1. The number of ether oxygens (including phenoxy) is 1. The fourth-order valence-electron chi connectivity index (χ4n) is 4.61. The molecule has 1 fully saturated rings.